The van der Waals surface area contributed by atoms with Crippen LogP contribution in [0.4, 0.5) is 5.82 Å². The van der Waals surface area contributed by atoms with Crippen molar-refractivity contribution in [3.8, 4) is 0 Å². The van der Waals surface area contributed by atoms with Gasteiger partial charge in [0.2, 0.25) is 5.91 Å². The standard InChI is InChI=1S/C21H21N7O2/c29-17-8-10-27(19-11-22-15-5-1-2-6-16(15)24-19)13-14(17)21(30)23-12-20-26-25-18-7-3-4-9-28(18)20/h1-7,9,11,14,17,29H,8,10,12-13H2,(H,23,30)/t14-,17+/m0/s1. The lowest BCUT2D eigenvalue weighted by Gasteiger charge is -2.35. The Morgan fingerprint density at radius 3 is 2.87 bits per heavy atom. The van der Waals surface area contributed by atoms with Gasteiger partial charge in [-0.25, -0.2) is 4.98 Å². The Kier molecular flexibility index (Phi) is 4.72. The molecule has 9 heteroatoms. The maximum Gasteiger partial charge on any atom is 0.227 e. The fourth-order valence-electron chi connectivity index (χ4n) is 3.81. The van der Waals surface area contributed by atoms with Gasteiger partial charge in [0.1, 0.15) is 5.82 Å². The summed E-state index contributed by atoms with van der Waals surface area (Å²) >= 11 is 0. The molecule has 0 radical (unpaired) electrons. The Balaban J connectivity index is 1.29. The minimum atomic E-state index is -0.704. The third kappa shape index (κ3) is 3.43. The van der Waals surface area contributed by atoms with E-state index in [1.165, 1.54) is 0 Å². The fourth-order valence-corrected chi connectivity index (χ4v) is 3.81. The van der Waals surface area contributed by atoms with Gasteiger partial charge < -0.3 is 15.3 Å². The molecule has 0 aliphatic carbocycles. The SMILES string of the molecule is O=C(NCc1nnc2ccccn12)[C@H]1CN(c2cnc3ccccc3n2)CC[C@H]1O. The average molecular weight is 403 g/mol. The van der Waals surface area contributed by atoms with Gasteiger partial charge in [0.15, 0.2) is 11.5 Å². The van der Waals surface area contributed by atoms with Gasteiger partial charge in [-0.05, 0) is 30.7 Å². The van der Waals surface area contributed by atoms with Crippen LogP contribution in [0.2, 0.25) is 0 Å². The molecule has 152 valence electrons. The maximum absolute atomic E-state index is 12.8. The van der Waals surface area contributed by atoms with Crippen LogP contribution in [0.3, 0.4) is 0 Å². The first-order chi connectivity index (χ1) is 14.7. The molecule has 0 spiro atoms. The lowest BCUT2D eigenvalue weighted by atomic mass is 9.94. The Bertz CT molecular complexity index is 1210. The van der Waals surface area contributed by atoms with Gasteiger partial charge in [-0.1, -0.05) is 18.2 Å². The van der Waals surface area contributed by atoms with E-state index in [0.717, 1.165) is 16.7 Å². The number of aromatic nitrogens is 5. The molecule has 1 aliphatic rings. The summed E-state index contributed by atoms with van der Waals surface area (Å²) in [5, 5.41) is 21.6. The number of nitrogens with one attached hydrogen (secondary N) is 1. The zero-order valence-electron chi connectivity index (χ0n) is 16.2. The summed E-state index contributed by atoms with van der Waals surface area (Å²) in [6.07, 6.45) is 3.36. The number of fused-ring (bicyclic) bond motifs is 2. The van der Waals surface area contributed by atoms with E-state index in [2.05, 4.69) is 25.5 Å². The molecule has 0 unspecified atom stereocenters. The zero-order valence-corrected chi connectivity index (χ0v) is 16.2. The highest BCUT2D eigenvalue weighted by atomic mass is 16.3. The smallest absolute Gasteiger partial charge is 0.227 e. The number of anilines is 1. The van der Waals surface area contributed by atoms with E-state index in [9.17, 15) is 9.90 Å². The number of benzene rings is 1. The number of aliphatic hydroxyl groups is 1. The van der Waals surface area contributed by atoms with Crippen LogP contribution in [0.1, 0.15) is 12.2 Å². The molecule has 1 saturated heterocycles. The first-order valence-electron chi connectivity index (χ1n) is 9.90. The monoisotopic (exact) mass is 403 g/mol. The van der Waals surface area contributed by atoms with Gasteiger partial charge in [0.05, 0.1) is 35.8 Å². The van der Waals surface area contributed by atoms with Gasteiger partial charge in [-0.2, -0.15) is 0 Å². The van der Waals surface area contributed by atoms with Crippen molar-refractivity contribution in [1.29, 1.82) is 0 Å². The third-order valence-corrected chi connectivity index (χ3v) is 5.48. The molecule has 30 heavy (non-hydrogen) atoms. The first kappa shape index (κ1) is 18.4. The van der Waals surface area contributed by atoms with E-state index in [4.69, 9.17) is 0 Å². The van der Waals surface area contributed by atoms with E-state index in [1.54, 1.807) is 6.20 Å². The highest BCUT2D eigenvalue weighted by molar-refractivity contribution is 5.80. The van der Waals surface area contributed by atoms with Crippen molar-refractivity contribution in [2.45, 2.75) is 19.1 Å². The number of hydrogen-bond donors (Lipinski definition) is 2. The highest BCUT2D eigenvalue weighted by Gasteiger charge is 2.34. The predicted octanol–water partition coefficient (Wildman–Crippen LogP) is 1.18. The largest absolute Gasteiger partial charge is 0.392 e. The molecule has 4 aromatic rings. The van der Waals surface area contributed by atoms with E-state index >= 15 is 0 Å². The molecule has 9 nitrogen and oxygen atoms in total. The van der Waals surface area contributed by atoms with Crippen LogP contribution in [0.5, 0.6) is 0 Å². The normalized spacial score (nSPS) is 19.3. The highest BCUT2D eigenvalue weighted by Crippen LogP contribution is 2.23. The summed E-state index contributed by atoms with van der Waals surface area (Å²) in [6.45, 7) is 1.23. The number of aliphatic hydroxyl groups excluding tert-OH is 1. The van der Waals surface area contributed by atoms with E-state index in [1.807, 2.05) is 58.0 Å². The quantitative estimate of drug-likeness (QED) is 0.527. The minimum absolute atomic E-state index is 0.214. The Morgan fingerprint density at radius 2 is 1.97 bits per heavy atom. The molecule has 4 heterocycles. The first-order valence-corrected chi connectivity index (χ1v) is 9.90. The van der Waals surface area contributed by atoms with Gasteiger partial charge in [-0.3, -0.25) is 14.2 Å². The Labute approximate surface area is 172 Å². The van der Waals surface area contributed by atoms with Crippen LogP contribution in [0, 0.1) is 5.92 Å². The van der Waals surface area contributed by atoms with Crippen LogP contribution in [-0.2, 0) is 11.3 Å². The van der Waals surface area contributed by atoms with Crippen LogP contribution < -0.4 is 10.2 Å². The van der Waals surface area contributed by atoms with Crippen LogP contribution in [0.15, 0.2) is 54.9 Å². The average Bonchev–Trinajstić information content (AvgIpc) is 3.20. The van der Waals surface area contributed by atoms with E-state index in [0.29, 0.717) is 31.2 Å². The molecule has 3 aromatic heterocycles. The lowest BCUT2D eigenvalue weighted by molar-refractivity contribution is -0.129. The number of rotatable bonds is 4. The molecule has 2 N–H and O–H groups in total. The maximum atomic E-state index is 12.8. The minimum Gasteiger partial charge on any atom is -0.392 e. The molecule has 5 rings (SSSR count). The molecule has 1 amide bonds. The second-order valence-electron chi connectivity index (χ2n) is 7.39. The number of amides is 1. The third-order valence-electron chi connectivity index (χ3n) is 5.48. The van der Waals surface area contributed by atoms with Crippen LogP contribution >= 0.6 is 0 Å². The molecule has 1 aromatic carbocycles. The number of nitrogens with zero attached hydrogens (tertiary/aromatic N) is 6. The molecule has 1 aliphatic heterocycles. The number of carbonyl (C=O) groups is 1. The summed E-state index contributed by atoms with van der Waals surface area (Å²) in [5.41, 5.74) is 2.36. The van der Waals surface area contributed by atoms with Gasteiger partial charge in [-0.15, -0.1) is 10.2 Å². The molecule has 0 saturated carbocycles. The summed E-state index contributed by atoms with van der Waals surface area (Å²) < 4.78 is 1.83. The van der Waals surface area contributed by atoms with E-state index in [-0.39, 0.29) is 12.5 Å². The summed E-state index contributed by atoms with van der Waals surface area (Å²) in [6, 6.07) is 13.3. The Morgan fingerprint density at radius 1 is 1.13 bits per heavy atom. The van der Waals surface area contributed by atoms with Crippen molar-refractivity contribution < 1.29 is 9.90 Å². The lowest BCUT2D eigenvalue weighted by Crippen LogP contribution is -2.50. The fraction of sp³-hybridized carbons (Fsp3) is 0.286. The van der Waals surface area contributed by atoms with Gasteiger partial charge in [0, 0.05) is 19.3 Å². The second-order valence-corrected chi connectivity index (χ2v) is 7.39. The summed E-state index contributed by atoms with van der Waals surface area (Å²) in [7, 11) is 0. The van der Waals surface area contributed by atoms with Gasteiger partial charge >= 0.3 is 0 Å². The second kappa shape index (κ2) is 7.68. The molecule has 1 fully saturated rings. The number of pyridine rings is 1. The van der Waals surface area contributed by atoms with E-state index < -0.39 is 12.0 Å². The number of carbonyl (C=O) groups excluding carboxylic acids is 1. The number of piperidine rings is 1. The van der Waals surface area contributed by atoms with Crippen molar-refractivity contribution >= 4 is 28.4 Å². The molecule has 2 atom stereocenters. The predicted molar refractivity (Wildman–Crippen MR) is 111 cm³/mol. The van der Waals surface area contributed by atoms with Crippen molar-refractivity contribution in [2.24, 2.45) is 5.92 Å². The Hall–Kier alpha value is -3.59. The number of hydrogen-bond acceptors (Lipinski definition) is 7. The van der Waals surface area contributed by atoms with Gasteiger partial charge in [0.25, 0.3) is 0 Å². The van der Waals surface area contributed by atoms with Crippen LogP contribution in [-0.4, -0.2) is 54.8 Å². The van der Waals surface area contributed by atoms with Crippen molar-refractivity contribution in [2.75, 3.05) is 18.0 Å². The molecular weight excluding hydrogens is 382 g/mol. The van der Waals surface area contributed by atoms with Crippen LogP contribution in [0.25, 0.3) is 16.7 Å². The zero-order chi connectivity index (χ0) is 20.5. The number of para-hydroxylation sites is 2. The molecule has 0 bridgehead atoms. The molecular formula is C21H21N7O2. The topological polar surface area (TPSA) is 109 Å². The van der Waals surface area contributed by atoms with Crippen molar-refractivity contribution in [3.63, 3.8) is 0 Å². The summed E-state index contributed by atoms with van der Waals surface area (Å²) in [4.78, 5) is 24.0. The van der Waals surface area contributed by atoms with Crippen molar-refractivity contribution in [3.05, 3.63) is 60.7 Å². The van der Waals surface area contributed by atoms with Crippen molar-refractivity contribution in [1.82, 2.24) is 29.9 Å². The summed E-state index contributed by atoms with van der Waals surface area (Å²) in [5.74, 6) is 0.572.